The van der Waals surface area contributed by atoms with Gasteiger partial charge >= 0.3 is 0 Å². The van der Waals surface area contributed by atoms with Crippen LogP contribution in [0.3, 0.4) is 0 Å². The molecule has 6 rings (SSSR count). The van der Waals surface area contributed by atoms with Gasteiger partial charge in [0.1, 0.15) is 0 Å². The monoisotopic (exact) mass is 516 g/mol. The molecule has 0 atom stereocenters. The van der Waals surface area contributed by atoms with E-state index < -0.39 is 0 Å². The zero-order valence-electron chi connectivity index (χ0n) is 18.4. The zero-order chi connectivity index (χ0) is 22.9. The summed E-state index contributed by atoms with van der Waals surface area (Å²) in [4.78, 5) is 2.60. The first-order valence-corrected chi connectivity index (χ1v) is 12.9. The Morgan fingerprint density at radius 2 is 0.853 bits per heavy atom. The fourth-order valence-corrected chi connectivity index (χ4v) is 5.60. The Bertz CT molecular complexity index is 1500. The van der Waals surface area contributed by atoms with Gasteiger partial charge in [0.2, 0.25) is 0 Å². The van der Waals surface area contributed by atoms with Crippen LogP contribution in [0.2, 0.25) is 0 Å². The molecule has 0 nitrogen and oxygen atoms in total. The minimum absolute atomic E-state index is 1.10. The van der Waals surface area contributed by atoms with Crippen LogP contribution in [0.5, 0.6) is 0 Å². The van der Waals surface area contributed by atoms with E-state index in [1.165, 1.54) is 54.3 Å². The number of hydrogen-bond donors (Lipinski definition) is 0. The maximum absolute atomic E-state index is 3.51. The van der Waals surface area contributed by atoms with Crippen molar-refractivity contribution in [3.05, 3.63) is 131 Å². The molecule has 2 heteroatoms. The molecule has 0 amide bonds. The highest BCUT2D eigenvalue weighted by atomic mass is 79.9. The van der Waals surface area contributed by atoms with Gasteiger partial charge in [-0.2, -0.15) is 0 Å². The second kappa shape index (κ2) is 9.13. The van der Waals surface area contributed by atoms with Gasteiger partial charge in [0.05, 0.1) is 0 Å². The molecular weight excluding hydrogens is 496 g/mol. The topological polar surface area (TPSA) is 0 Å². The van der Waals surface area contributed by atoms with E-state index in [1.54, 1.807) is 0 Å². The number of rotatable bonds is 3. The quantitative estimate of drug-likeness (QED) is 0.225. The maximum atomic E-state index is 3.51. The third kappa shape index (κ3) is 4.27. The van der Waals surface area contributed by atoms with Crippen molar-refractivity contribution in [2.75, 3.05) is 0 Å². The molecule has 0 spiro atoms. The Labute approximate surface area is 213 Å². The molecule has 0 saturated heterocycles. The molecule has 0 bridgehead atoms. The van der Waals surface area contributed by atoms with Crippen LogP contribution in [0.4, 0.5) is 0 Å². The highest BCUT2D eigenvalue weighted by molar-refractivity contribution is 9.10. The average Bonchev–Trinajstić information content (AvgIpc) is 3.08. The summed E-state index contributed by atoms with van der Waals surface area (Å²) in [7, 11) is 0. The zero-order valence-corrected chi connectivity index (χ0v) is 20.8. The van der Waals surface area contributed by atoms with Crippen molar-refractivity contribution in [1.82, 2.24) is 0 Å². The second-order valence-electron chi connectivity index (χ2n) is 8.39. The van der Waals surface area contributed by atoms with Crippen molar-refractivity contribution in [2.24, 2.45) is 0 Å². The molecule has 5 aromatic rings. The minimum atomic E-state index is 1.10. The molecular formula is C32H21BrS. The highest BCUT2D eigenvalue weighted by Crippen LogP contribution is 2.39. The van der Waals surface area contributed by atoms with Crippen LogP contribution in [0.25, 0.3) is 45.5 Å². The van der Waals surface area contributed by atoms with Gasteiger partial charge in [0.15, 0.2) is 0 Å². The van der Waals surface area contributed by atoms with Gasteiger partial charge in [-0.3, -0.25) is 0 Å². The molecule has 0 radical (unpaired) electrons. The summed E-state index contributed by atoms with van der Waals surface area (Å²) < 4.78 is 1.10. The maximum Gasteiger partial charge on any atom is 0.0195 e. The summed E-state index contributed by atoms with van der Waals surface area (Å²) >= 11 is 5.35. The molecule has 5 aromatic carbocycles. The van der Waals surface area contributed by atoms with Gasteiger partial charge in [-0.05, 0) is 74.8 Å². The summed E-state index contributed by atoms with van der Waals surface area (Å²) in [6.45, 7) is 0. The molecule has 1 aliphatic rings. The van der Waals surface area contributed by atoms with Gasteiger partial charge < -0.3 is 0 Å². The molecule has 1 aliphatic heterocycles. The molecule has 0 saturated carbocycles. The summed E-state index contributed by atoms with van der Waals surface area (Å²) in [5.41, 5.74) is 9.94. The molecule has 162 valence electrons. The lowest BCUT2D eigenvalue weighted by atomic mass is 9.97. The summed E-state index contributed by atoms with van der Waals surface area (Å²) in [6.07, 6.45) is 4.46. The van der Waals surface area contributed by atoms with Gasteiger partial charge in [-0.25, -0.2) is 0 Å². The molecule has 0 aromatic heterocycles. The van der Waals surface area contributed by atoms with E-state index in [2.05, 4.69) is 143 Å². The van der Waals surface area contributed by atoms with Crippen LogP contribution in [-0.2, 0) is 0 Å². The fraction of sp³-hybridized carbons (Fsp3) is 0. The fourth-order valence-electron chi connectivity index (χ4n) is 4.31. The van der Waals surface area contributed by atoms with E-state index >= 15 is 0 Å². The first kappa shape index (κ1) is 21.2. The lowest BCUT2D eigenvalue weighted by Crippen LogP contribution is -1.84. The molecule has 34 heavy (non-hydrogen) atoms. The van der Waals surface area contributed by atoms with Crippen LogP contribution in [0.15, 0.2) is 130 Å². The predicted octanol–water partition coefficient (Wildman–Crippen LogP) is 10.1. The minimum Gasteiger partial charge on any atom is -0.0888 e. The van der Waals surface area contributed by atoms with Gasteiger partial charge in [-0.1, -0.05) is 125 Å². The van der Waals surface area contributed by atoms with Crippen LogP contribution in [0.1, 0.15) is 11.1 Å². The Morgan fingerprint density at radius 1 is 0.412 bits per heavy atom. The normalized spacial score (nSPS) is 12.0. The number of halogens is 1. The van der Waals surface area contributed by atoms with Crippen molar-refractivity contribution < 1.29 is 0 Å². The van der Waals surface area contributed by atoms with Crippen LogP contribution in [0, 0.1) is 0 Å². The summed E-state index contributed by atoms with van der Waals surface area (Å²) in [5, 5.41) is 0. The van der Waals surface area contributed by atoms with Crippen molar-refractivity contribution in [2.45, 2.75) is 9.79 Å². The van der Waals surface area contributed by atoms with E-state index in [4.69, 9.17) is 0 Å². The van der Waals surface area contributed by atoms with Gasteiger partial charge in [-0.15, -0.1) is 0 Å². The molecule has 0 N–H and O–H groups in total. The third-order valence-corrected chi connectivity index (χ3v) is 7.92. The Kier molecular flexibility index (Phi) is 5.70. The van der Waals surface area contributed by atoms with Crippen LogP contribution in [-0.4, -0.2) is 0 Å². The van der Waals surface area contributed by atoms with Gasteiger partial charge in [0, 0.05) is 14.3 Å². The van der Waals surface area contributed by atoms with Crippen molar-refractivity contribution in [3.8, 4) is 33.4 Å². The van der Waals surface area contributed by atoms with Gasteiger partial charge in [0.25, 0.3) is 0 Å². The second-order valence-corrected chi connectivity index (χ2v) is 10.4. The predicted molar refractivity (Wildman–Crippen MR) is 150 cm³/mol. The van der Waals surface area contributed by atoms with E-state index in [0.29, 0.717) is 0 Å². The van der Waals surface area contributed by atoms with Crippen LogP contribution >= 0.6 is 27.7 Å². The Morgan fingerprint density at radius 3 is 1.47 bits per heavy atom. The SMILES string of the molecule is Brc1ccc(-c2ccc(-c3ccc(-c4ccc5c(c4)C=Cc4ccccc4S5)cc3)cc2)cc1. The van der Waals surface area contributed by atoms with E-state index in [1.807, 2.05) is 11.8 Å². The summed E-state index contributed by atoms with van der Waals surface area (Å²) in [6, 6.07) is 41.5. The van der Waals surface area contributed by atoms with Crippen molar-refractivity contribution >= 4 is 39.8 Å². The standard InChI is InChI=1S/C32H21BrS/c33-30-18-15-25(16-19-30)24-7-5-22(6-8-24)23-9-11-26(12-10-23)28-17-20-32-29(21-28)14-13-27-3-1-2-4-31(27)34-32/h1-21H. The van der Waals surface area contributed by atoms with E-state index in [0.717, 1.165) is 4.47 Å². The number of benzene rings is 5. The smallest absolute Gasteiger partial charge is 0.0195 e. The van der Waals surface area contributed by atoms with Crippen molar-refractivity contribution in [1.29, 1.82) is 0 Å². The van der Waals surface area contributed by atoms with Crippen LogP contribution < -0.4 is 0 Å². The van der Waals surface area contributed by atoms with Crippen molar-refractivity contribution in [3.63, 3.8) is 0 Å². The Hall–Kier alpha value is -3.33. The lowest BCUT2D eigenvalue weighted by Gasteiger charge is -2.10. The molecule has 0 aliphatic carbocycles. The number of hydrogen-bond acceptors (Lipinski definition) is 1. The number of fused-ring (bicyclic) bond motifs is 2. The van der Waals surface area contributed by atoms with E-state index in [-0.39, 0.29) is 0 Å². The molecule has 0 fully saturated rings. The van der Waals surface area contributed by atoms with E-state index in [9.17, 15) is 0 Å². The molecule has 0 unspecified atom stereocenters. The first-order chi connectivity index (χ1) is 16.7. The molecule has 1 heterocycles. The third-order valence-electron chi connectivity index (χ3n) is 6.21. The Balaban J connectivity index is 1.25. The average molecular weight is 517 g/mol. The summed E-state index contributed by atoms with van der Waals surface area (Å²) in [5.74, 6) is 0. The largest absolute Gasteiger partial charge is 0.0888 e. The first-order valence-electron chi connectivity index (χ1n) is 11.3. The highest BCUT2D eigenvalue weighted by Gasteiger charge is 2.11. The lowest BCUT2D eigenvalue weighted by molar-refractivity contribution is 1.39.